The van der Waals surface area contributed by atoms with Crippen molar-refractivity contribution >= 4 is 23.4 Å². The number of nitrogens with zero attached hydrogens (tertiary/aromatic N) is 1. The van der Waals surface area contributed by atoms with Gasteiger partial charge in [0.15, 0.2) is 0 Å². The molecule has 0 spiro atoms. The summed E-state index contributed by atoms with van der Waals surface area (Å²) in [6, 6.07) is 16.0. The van der Waals surface area contributed by atoms with E-state index < -0.39 is 0 Å². The molecule has 4 nitrogen and oxygen atoms in total. The van der Waals surface area contributed by atoms with E-state index in [0.29, 0.717) is 5.25 Å². The number of carbonyl (C=O) groups excluding carboxylic acids is 1. The van der Waals surface area contributed by atoms with Gasteiger partial charge in [0.1, 0.15) is 0 Å². The van der Waals surface area contributed by atoms with Crippen molar-refractivity contribution in [1.82, 2.24) is 4.90 Å². The van der Waals surface area contributed by atoms with Crippen LogP contribution in [0.4, 0.5) is 5.69 Å². The molecule has 0 saturated carbocycles. The van der Waals surface area contributed by atoms with Gasteiger partial charge in [0.05, 0.1) is 18.8 Å². The van der Waals surface area contributed by atoms with Crippen LogP contribution in [0.5, 0.6) is 0 Å². The second-order valence-electron chi connectivity index (χ2n) is 7.02. The van der Waals surface area contributed by atoms with Gasteiger partial charge >= 0.3 is 0 Å². The molecule has 2 aromatic carbocycles. The minimum absolute atomic E-state index is 0.0557. The number of carbonyl (C=O) groups is 1. The zero-order valence-electron chi connectivity index (χ0n) is 16.1. The molecule has 0 radical (unpaired) electrons. The van der Waals surface area contributed by atoms with Gasteiger partial charge in [-0.25, -0.2) is 0 Å². The number of thioether (sulfide) groups is 1. The molecule has 5 heteroatoms. The number of benzene rings is 2. The van der Waals surface area contributed by atoms with E-state index in [9.17, 15) is 4.79 Å². The standard InChI is InChI=1S/C22H28N2O2S/c1-17(2)27-21-6-4-3-5-20(21)22(25)23-19-9-7-18(8-10-19)11-12-24-13-15-26-16-14-24/h3-10,17H,11-16H2,1-2H3,(H,23,25). The second kappa shape index (κ2) is 9.93. The number of morpholine rings is 1. The minimum atomic E-state index is -0.0557. The van der Waals surface area contributed by atoms with E-state index in [-0.39, 0.29) is 5.91 Å². The summed E-state index contributed by atoms with van der Waals surface area (Å²) in [5.74, 6) is -0.0557. The van der Waals surface area contributed by atoms with Gasteiger partial charge in [-0.1, -0.05) is 38.1 Å². The number of rotatable bonds is 7. The first kappa shape index (κ1) is 19.9. The molecule has 1 aliphatic rings. The smallest absolute Gasteiger partial charge is 0.256 e. The zero-order valence-corrected chi connectivity index (χ0v) is 16.9. The summed E-state index contributed by atoms with van der Waals surface area (Å²) in [4.78, 5) is 16.1. The molecular formula is C22H28N2O2S. The summed E-state index contributed by atoms with van der Waals surface area (Å²) < 4.78 is 5.39. The molecule has 0 unspecified atom stereocenters. The minimum Gasteiger partial charge on any atom is -0.379 e. The lowest BCUT2D eigenvalue weighted by molar-refractivity contribution is 0.0384. The molecule has 144 valence electrons. The maximum absolute atomic E-state index is 12.7. The molecule has 3 rings (SSSR count). The lowest BCUT2D eigenvalue weighted by Gasteiger charge is -2.26. The highest BCUT2D eigenvalue weighted by Gasteiger charge is 2.13. The predicted molar refractivity (Wildman–Crippen MR) is 113 cm³/mol. The molecule has 1 fully saturated rings. The third-order valence-corrected chi connectivity index (χ3v) is 5.61. The number of hydrogen-bond donors (Lipinski definition) is 1. The first-order valence-corrected chi connectivity index (χ1v) is 10.5. The van der Waals surface area contributed by atoms with Crippen molar-refractivity contribution in [3.63, 3.8) is 0 Å². The van der Waals surface area contributed by atoms with Crippen molar-refractivity contribution < 1.29 is 9.53 Å². The molecule has 0 aliphatic carbocycles. The summed E-state index contributed by atoms with van der Waals surface area (Å²) >= 11 is 1.71. The van der Waals surface area contributed by atoms with Crippen LogP contribution >= 0.6 is 11.8 Å². The van der Waals surface area contributed by atoms with Crippen LogP contribution in [0.1, 0.15) is 29.8 Å². The van der Waals surface area contributed by atoms with Crippen LogP contribution in [0.2, 0.25) is 0 Å². The number of hydrogen-bond acceptors (Lipinski definition) is 4. The fourth-order valence-electron chi connectivity index (χ4n) is 3.08. The molecule has 1 amide bonds. The molecule has 27 heavy (non-hydrogen) atoms. The Morgan fingerprint density at radius 1 is 1.11 bits per heavy atom. The largest absolute Gasteiger partial charge is 0.379 e. The normalized spacial score (nSPS) is 15.1. The Balaban J connectivity index is 1.57. The monoisotopic (exact) mass is 384 g/mol. The number of amides is 1. The van der Waals surface area contributed by atoms with Crippen LogP contribution in [0, 0.1) is 0 Å². The molecule has 1 heterocycles. The Hall–Kier alpha value is -1.82. The van der Waals surface area contributed by atoms with Crippen LogP contribution in [0.15, 0.2) is 53.4 Å². The van der Waals surface area contributed by atoms with E-state index in [4.69, 9.17) is 4.74 Å². The average Bonchev–Trinajstić information content (AvgIpc) is 2.68. The van der Waals surface area contributed by atoms with Crippen LogP contribution in [-0.4, -0.2) is 48.9 Å². The quantitative estimate of drug-likeness (QED) is 0.722. The first-order valence-electron chi connectivity index (χ1n) is 9.58. The van der Waals surface area contributed by atoms with E-state index in [0.717, 1.165) is 55.4 Å². The van der Waals surface area contributed by atoms with Gasteiger partial charge in [0.2, 0.25) is 0 Å². The third kappa shape index (κ3) is 6.09. The Bertz CT molecular complexity index is 740. The first-order chi connectivity index (χ1) is 13.1. The molecule has 0 aromatic heterocycles. The molecule has 0 bridgehead atoms. The molecule has 1 aliphatic heterocycles. The van der Waals surface area contributed by atoms with Gasteiger partial charge in [-0.15, -0.1) is 11.8 Å². The van der Waals surface area contributed by atoms with E-state index in [1.807, 2.05) is 36.4 Å². The Kier molecular flexibility index (Phi) is 7.33. The van der Waals surface area contributed by atoms with Crippen molar-refractivity contribution in [2.75, 3.05) is 38.2 Å². The maximum atomic E-state index is 12.7. The number of nitrogens with one attached hydrogen (secondary N) is 1. The van der Waals surface area contributed by atoms with Gasteiger partial charge < -0.3 is 10.1 Å². The van der Waals surface area contributed by atoms with Gasteiger partial charge in [0.25, 0.3) is 5.91 Å². The highest BCUT2D eigenvalue weighted by atomic mass is 32.2. The maximum Gasteiger partial charge on any atom is 0.256 e. The Labute approximate surface area is 166 Å². The van der Waals surface area contributed by atoms with E-state index in [1.54, 1.807) is 11.8 Å². The molecular weight excluding hydrogens is 356 g/mol. The average molecular weight is 385 g/mol. The van der Waals surface area contributed by atoms with Gasteiger partial charge in [0, 0.05) is 35.5 Å². The second-order valence-corrected chi connectivity index (χ2v) is 8.64. The Morgan fingerprint density at radius 3 is 2.52 bits per heavy atom. The topological polar surface area (TPSA) is 41.6 Å². The van der Waals surface area contributed by atoms with Crippen LogP contribution in [0.25, 0.3) is 0 Å². The van der Waals surface area contributed by atoms with Crippen LogP contribution < -0.4 is 5.32 Å². The van der Waals surface area contributed by atoms with Crippen LogP contribution in [-0.2, 0) is 11.2 Å². The fraction of sp³-hybridized carbons (Fsp3) is 0.409. The van der Waals surface area contributed by atoms with E-state index >= 15 is 0 Å². The van der Waals surface area contributed by atoms with E-state index in [2.05, 4.69) is 36.2 Å². The van der Waals surface area contributed by atoms with Crippen molar-refractivity contribution in [2.24, 2.45) is 0 Å². The summed E-state index contributed by atoms with van der Waals surface area (Å²) in [6.45, 7) is 9.02. The van der Waals surface area contributed by atoms with E-state index in [1.165, 1.54) is 5.56 Å². The summed E-state index contributed by atoms with van der Waals surface area (Å²) in [6.07, 6.45) is 1.02. The summed E-state index contributed by atoms with van der Waals surface area (Å²) in [5, 5.41) is 3.46. The summed E-state index contributed by atoms with van der Waals surface area (Å²) in [5.41, 5.74) is 2.85. The molecule has 0 atom stereocenters. The number of anilines is 1. The predicted octanol–water partition coefficient (Wildman–Crippen LogP) is 4.31. The molecule has 2 aromatic rings. The van der Waals surface area contributed by atoms with Crippen molar-refractivity contribution in [2.45, 2.75) is 30.4 Å². The molecule has 1 saturated heterocycles. The van der Waals surface area contributed by atoms with Gasteiger partial charge in [-0.3, -0.25) is 9.69 Å². The lowest BCUT2D eigenvalue weighted by atomic mass is 10.1. The zero-order chi connectivity index (χ0) is 19.1. The van der Waals surface area contributed by atoms with Crippen molar-refractivity contribution in [1.29, 1.82) is 0 Å². The number of ether oxygens (including phenoxy) is 1. The van der Waals surface area contributed by atoms with Crippen molar-refractivity contribution in [3.8, 4) is 0 Å². The molecule has 1 N–H and O–H groups in total. The van der Waals surface area contributed by atoms with Crippen LogP contribution in [0.3, 0.4) is 0 Å². The van der Waals surface area contributed by atoms with Gasteiger partial charge in [-0.2, -0.15) is 0 Å². The van der Waals surface area contributed by atoms with Crippen molar-refractivity contribution in [3.05, 3.63) is 59.7 Å². The highest BCUT2D eigenvalue weighted by molar-refractivity contribution is 8.00. The fourth-order valence-corrected chi connectivity index (χ4v) is 4.03. The van der Waals surface area contributed by atoms with Gasteiger partial charge in [-0.05, 0) is 36.2 Å². The Morgan fingerprint density at radius 2 is 1.81 bits per heavy atom. The summed E-state index contributed by atoms with van der Waals surface area (Å²) in [7, 11) is 0. The third-order valence-electron chi connectivity index (χ3n) is 4.53. The lowest BCUT2D eigenvalue weighted by Crippen LogP contribution is -2.37. The SMILES string of the molecule is CC(C)Sc1ccccc1C(=O)Nc1ccc(CCN2CCOCC2)cc1. The highest BCUT2D eigenvalue weighted by Crippen LogP contribution is 2.27.